The number of carbonyl (C=O) groups excluding carboxylic acids is 1. The normalized spacial score (nSPS) is 10.3. The van der Waals surface area contributed by atoms with Crippen LogP contribution in [0.1, 0.15) is 12.0 Å². The van der Waals surface area contributed by atoms with Crippen LogP contribution in [0, 0.1) is 0 Å². The third-order valence-corrected chi connectivity index (χ3v) is 4.50. The van der Waals surface area contributed by atoms with Gasteiger partial charge in [-0.15, -0.1) is 0 Å². The average molecular weight is 443 g/mol. The summed E-state index contributed by atoms with van der Waals surface area (Å²) in [7, 11) is 3.23. The molecule has 0 aromatic heterocycles. The van der Waals surface area contributed by atoms with E-state index in [1.165, 1.54) is 0 Å². The molecule has 1 amide bonds. The van der Waals surface area contributed by atoms with Crippen LogP contribution in [0.3, 0.4) is 0 Å². The van der Waals surface area contributed by atoms with Crippen LogP contribution < -0.4 is 14.8 Å². The number of nitrogens with one attached hydrogen (secondary N) is 1. The molecular formula is C17H17Br2NO3. The maximum atomic E-state index is 12.2. The molecule has 0 aliphatic carbocycles. The molecule has 4 nitrogen and oxygen atoms in total. The van der Waals surface area contributed by atoms with Crippen molar-refractivity contribution in [3.63, 3.8) is 0 Å². The Morgan fingerprint density at radius 2 is 1.87 bits per heavy atom. The second-order valence-electron chi connectivity index (χ2n) is 4.85. The summed E-state index contributed by atoms with van der Waals surface area (Å²) in [5.74, 6) is 1.44. The number of halogens is 2. The highest BCUT2D eigenvalue weighted by Crippen LogP contribution is 2.27. The monoisotopic (exact) mass is 441 g/mol. The fourth-order valence-corrected chi connectivity index (χ4v) is 2.84. The maximum absolute atomic E-state index is 12.2. The van der Waals surface area contributed by atoms with Crippen LogP contribution in [0.15, 0.2) is 45.3 Å². The van der Waals surface area contributed by atoms with Crippen molar-refractivity contribution in [3.8, 4) is 11.5 Å². The van der Waals surface area contributed by atoms with Crippen molar-refractivity contribution in [3.05, 3.63) is 50.9 Å². The molecule has 0 unspecified atom stereocenters. The minimum absolute atomic E-state index is 0.0614. The number of anilines is 1. The molecule has 23 heavy (non-hydrogen) atoms. The first-order valence-corrected chi connectivity index (χ1v) is 8.58. The Kier molecular flexibility index (Phi) is 6.47. The van der Waals surface area contributed by atoms with Gasteiger partial charge in [0, 0.05) is 15.4 Å². The lowest BCUT2D eigenvalue weighted by Crippen LogP contribution is -2.13. The lowest BCUT2D eigenvalue weighted by atomic mass is 10.1. The van der Waals surface area contributed by atoms with E-state index >= 15 is 0 Å². The van der Waals surface area contributed by atoms with Crippen molar-refractivity contribution in [1.29, 1.82) is 0 Å². The smallest absolute Gasteiger partial charge is 0.224 e. The average Bonchev–Trinajstić information content (AvgIpc) is 2.56. The van der Waals surface area contributed by atoms with Crippen molar-refractivity contribution in [2.24, 2.45) is 0 Å². The molecule has 0 radical (unpaired) electrons. The Labute approximate surface area is 152 Å². The number of ether oxygens (including phenoxy) is 2. The molecule has 6 heteroatoms. The minimum Gasteiger partial charge on any atom is -0.497 e. The van der Waals surface area contributed by atoms with Gasteiger partial charge in [0.2, 0.25) is 5.91 Å². The maximum Gasteiger partial charge on any atom is 0.224 e. The zero-order chi connectivity index (χ0) is 16.8. The van der Waals surface area contributed by atoms with E-state index in [1.807, 2.05) is 36.4 Å². The van der Waals surface area contributed by atoms with Gasteiger partial charge < -0.3 is 14.8 Å². The number of aryl methyl sites for hydroxylation is 1. The van der Waals surface area contributed by atoms with E-state index in [4.69, 9.17) is 9.47 Å². The number of amides is 1. The Morgan fingerprint density at radius 1 is 1.09 bits per heavy atom. The summed E-state index contributed by atoms with van der Waals surface area (Å²) in [6.07, 6.45) is 0.917. The molecule has 0 aliphatic heterocycles. The molecule has 2 aromatic carbocycles. The molecule has 0 spiro atoms. The van der Waals surface area contributed by atoms with Gasteiger partial charge in [-0.05, 0) is 64.3 Å². The van der Waals surface area contributed by atoms with E-state index in [2.05, 4.69) is 37.2 Å². The largest absolute Gasteiger partial charge is 0.497 e. The van der Waals surface area contributed by atoms with E-state index in [0.717, 1.165) is 31.7 Å². The van der Waals surface area contributed by atoms with Gasteiger partial charge in [-0.3, -0.25) is 4.79 Å². The van der Waals surface area contributed by atoms with E-state index in [1.54, 1.807) is 14.2 Å². The minimum atomic E-state index is -0.0614. The summed E-state index contributed by atoms with van der Waals surface area (Å²) in [6, 6.07) is 11.2. The number of methoxy groups -OCH3 is 2. The zero-order valence-electron chi connectivity index (χ0n) is 12.9. The standard InChI is InChI=1S/C17H17Br2NO3/c1-22-13-5-7-16(23-2)11(9-13)3-8-17(21)20-15-10-12(18)4-6-14(15)19/h4-7,9-10H,3,8H2,1-2H3,(H,20,21). The first-order chi connectivity index (χ1) is 11.0. The molecule has 0 atom stereocenters. The molecule has 122 valence electrons. The van der Waals surface area contributed by atoms with Gasteiger partial charge in [-0.25, -0.2) is 0 Å². The Hall–Kier alpha value is -1.53. The van der Waals surface area contributed by atoms with Crippen LogP contribution in [0.5, 0.6) is 11.5 Å². The molecule has 1 N–H and O–H groups in total. The van der Waals surface area contributed by atoms with E-state index in [-0.39, 0.29) is 5.91 Å². The summed E-state index contributed by atoms with van der Waals surface area (Å²) in [6.45, 7) is 0. The quantitative estimate of drug-likeness (QED) is 0.698. The van der Waals surface area contributed by atoms with Gasteiger partial charge in [0.25, 0.3) is 0 Å². The highest BCUT2D eigenvalue weighted by molar-refractivity contribution is 9.11. The van der Waals surface area contributed by atoms with Crippen LogP contribution >= 0.6 is 31.9 Å². The summed E-state index contributed by atoms with van der Waals surface area (Å²) in [5, 5.41) is 2.90. The molecule has 0 aliphatic rings. The number of rotatable bonds is 6. The van der Waals surface area contributed by atoms with Gasteiger partial charge in [-0.1, -0.05) is 15.9 Å². The van der Waals surface area contributed by atoms with E-state index < -0.39 is 0 Å². The van der Waals surface area contributed by atoms with Crippen molar-refractivity contribution in [2.45, 2.75) is 12.8 Å². The van der Waals surface area contributed by atoms with Crippen LogP contribution in [0.25, 0.3) is 0 Å². The van der Waals surface area contributed by atoms with E-state index in [9.17, 15) is 4.79 Å². The van der Waals surface area contributed by atoms with Gasteiger partial charge >= 0.3 is 0 Å². The fourth-order valence-electron chi connectivity index (χ4n) is 2.13. The lowest BCUT2D eigenvalue weighted by Gasteiger charge is -2.11. The third kappa shape index (κ3) is 4.97. The van der Waals surface area contributed by atoms with Crippen molar-refractivity contribution >= 4 is 43.5 Å². The van der Waals surface area contributed by atoms with Crippen molar-refractivity contribution < 1.29 is 14.3 Å². The second kappa shape index (κ2) is 8.36. The van der Waals surface area contributed by atoms with Gasteiger partial charge in [-0.2, -0.15) is 0 Å². The second-order valence-corrected chi connectivity index (χ2v) is 6.62. The van der Waals surface area contributed by atoms with Crippen molar-refractivity contribution in [1.82, 2.24) is 0 Å². The Bertz CT molecular complexity index is 704. The van der Waals surface area contributed by atoms with Crippen molar-refractivity contribution in [2.75, 3.05) is 19.5 Å². The number of hydrogen-bond acceptors (Lipinski definition) is 3. The van der Waals surface area contributed by atoms with Crippen LogP contribution in [-0.4, -0.2) is 20.1 Å². The van der Waals surface area contributed by atoms with Crippen LogP contribution in [0.2, 0.25) is 0 Å². The molecule has 0 fully saturated rings. The molecule has 2 aromatic rings. The Balaban J connectivity index is 2.03. The third-order valence-electron chi connectivity index (χ3n) is 3.31. The molecule has 0 saturated carbocycles. The topological polar surface area (TPSA) is 47.6 Å². The first kappa shape index (κ1) is 17.8. The summed E-state index contributed by atoms with van der Waals surface area (Å²) < 4.78 is 12.3. The molecular weight excluding hydrogens is 426 g/mol. The lowest BCUT2D eigenvalue weighted by molar-refractivity contribution is -0.116. The molecule has 0 saturated heterocycles. The van der Waals surface area contributed by atoms with E-state index in [0.29, 0.717) is 12.8 Å². The zero-order valence-corrected chi connectivity index (χ0v) is 16.0. The van der Waals surface area contributed by atoms with Gasteiger partial charge in [0.05, 0.1) is 19.9 Å². The summed E-state index contributed by atoms with van der Waals surface area (Å²) >= 11 is 6.82. The van der Waals surface area contributed by atoms with Gasteiger partial charge in [0.1, 0.15) is 11.5 Å². The highest BCUT2D eigenvalue weighted by Gasteiger charge is 2.10. The number of carbonyl (C=O) groups is 1. The Morgan fingerprint density at radius 3 is 2.57 bits per heavy atom. The van der Waals surface area contributed by atoms with Gasteiger partial charge in [0.15, 0.2) is 0 Å². The van der Waals surface area contributed by atoms with Crippen LogP contribution in [0.4, 0.5) is 5.69 Å². The predicted octanol–water partition coefficient (Wildman–Crippen LogP) is 4.80. The van der Waals surface area contributed by atoms with Crippen LogP contribution in [-0.2, 0) is 11.2 Å². The predicted molar refractivity (Wildman–Crippen MR) is 98.3 cm³/mol. The first-order valence-electron chi connectivity index (χ1n) is 6.99. The molecule has 2 rings (SSSR count). The summed E-state index contributed by atoms with van der Waals surface area (Å²) in [4.78, 5) is 12.2. The number of benzene rings is 2. The molecule has 0 bridgehead atoms. The summed E-state index contributed by atoms with van der Waals surface area (Å²) in [5.41, 5.74) is 1.68. The highest BCUT2D eigenvalue weighted by atomic mass is 79.9. The number of hydrogen-bond donors (Lipinski definition) is 1. The fraction of sp³-hybridized carbons (Fsp3) is 0.235. The SMILES string of the molecule is COc1ccc(OC)c(CCC(=O)Nc2cc(Br)ccc2Br)c1. The molecule has 0 heterocycles.